The number of likely N-dealkylation sites (tertiary alicyclic amines) is 1. The summed E-state index contributed by atoms with van der Waals surface area (Å²) in [6.45, 7) is -0.907. The number of Topliss-reactive ketones (excluding diaryl/α,β-unsaturated/α-hetero) is 1. The first-order chi connectivity index (χ1) is 12.5. The summed E-state index contributed by atoms with van der Waals surface area (Å²) < 4.78 is 38.2. The highest BCUT2D eigenvalue weighted by Crippen LogP contribution is 2.35. The molecule has 2 N–H and O–H groups in total. The fraction of sp³-hybridized carbons (Fsp3) is 0.375. The summed E-state index contributed by atoms with van der Waals surface area (Å²) in [6.07, 6.45) is -4.75. The second kappa shape index (κ2) is 7.95. The molecular formula is C16H14ClF3N2O5. The van der Waals surface area contributed by atoms with Gasteiger partial charge >= 0.3 is 12.1 Å². The van der Waals surface area contributed by atoms with Crippen molar-refractivity contribution in [2.75, 3.05) is 13.1 Å². The summed E-state index contributed by atoms with van der Waals surface area (Å²) in [4.78, 5) is 47.9. The van der Waals surface area contributed by atoms with Crippen molar-refractivity contribution in [3.63, 3.8) is 0 Å². The van der Waals surface area contributed by atoms with Crippen LogP contribution in [0.4, 0.5) is 13.2 Å². The molecule has 0 bridgehead atoms. The molecule has 0 aliphatic carbocycles. The molecule has 7 nitrogen and oxygen atoms in total. The smallest absolute Gasteiger partial charge is 0.417 e. The van der Waals surface area contributed by atoms with Gasteiger partial charge in [0.05, 0.1) is 10.6 Å². The molecular weight excluding hydrogens is 393 g/mol. The van der Waals surface area contributed by atoms with E-state index in [4.69, 9.17) is 16.7 Å². The van der Waals surface area contributed by atoms with Crippen LogP contribution in [0.3, 0.4) is 0 Å². The average Bonchev–Trinajstić information content (AvgIpc) is 2.54. The second-order valence-electron chi connectivity index (χ2n) is 5.83. The van der Waals surface area contributed by atoms with Gasteiger partial charge in [-0.15, -0.1) is 0 Å². The van der Waals surface area contributed by atoms with Crippen LogP contribution in [0.25, 0.3) is 0 Å². The van der Waals surface area contributed by atoms with Gasteiger partial charge in [0, 0.05) is 19.5 Å². The van der Waals surface area contributed by atoms with Gasteiger partial charge in [0.15, 0.2) is 11.7 Å². The number of aliphatic carboxylic acids is 1. The highest BCUT2D eigenvalue weighted by Gasteiger charge is 2.40. The number of alkyl halides is 3. The summed E-state index contributed by atoms with van der Waals surface area (Å²) in [5.41, 5.74) is -0.723. The minimum absolute atomic E-state index is 0.0149. The summed E-state index contributed by atoms with van der Waals surface area (Å²) in [7, 11) is 0. The number of benzene rings is 1. The fourth-order valence-corrected chi connectivity index (χ4v) is 2.92. The molecule has 1 aliphatic heterocycles. The third-order valence-corrected chi connectivity index (χ3v) is 4.21. The zero-order valence-electron chi connectivity index (χ0n) is 13.7. The number of halogens is 4. The maximum Gasteiger partial charge on any atom is 0.417 e. The van der Waals surface area contributed by atoms with Crippen LogP contribution in [-0.4, -0.2) is 46.7 Å². The number of carbonyl (C=O) groups excluding carboxylic acids is 3. The Hall–Kier alpha value is -2.62. The number of amides is 2. The van der Waals surface area contributed by atoms with Crippen LogP contribution in [0.1, 0.15) is 17.5 Å². The number of hydrogen-bond acceptors (Lipinski definition) is 4. The van der Waals surface area contributed by atoms with Crippen LogP contribution in [0.15, 0.2) is 18.2 Å². The summed E-state index contributed by atoms with van der Waals surface area (Å²) >= 11 is 5.64. The van der Waals surface area contributed by atoms with E-state index in [9.17, 15) is 32.3 Å². The lowest BCUT2D eigenvalue weighted by Crippen LogP contribution is -2.52. The monoisotopic (exact) mass is 406 g/mol. The van der Waals surface area contributed by atoms with Crippen LogP contribution in [0.2, 0.25) is 5.02 Å². The molecule has 11 heteroatoms. The van der Waals surface area contributed by atoms with Crippen molar-refractivity contribution in [2.24, 2.45) is 5.92 Å². The van der Waals surface area contributed by atoms with Crippen molar-refractivity contribution in [3.05, 3.63) is 34.3 Å². The van der Waals surface area contributed by atoms with E-state index in [0.717, 1.165) is 23.1 Å². The Balaban J connectivity index is 2.14. The topological polar surface area (TPSA) is 104 Å². The molecule has 1 unspecified atom stereocenters. The van der Waals surface area contributed by atoms with Crippen LogP contribution in [0.5, 0.6) is 0 Å². The Kier molecular flexibility index (Phi) is 6.09. The van der Waals surface area contributed by atoms with Gasteiger partial charge in [0.1, 0.15) is 6.54 Å². The fourth-order valence-electron chi connectivity index (χ4n) is 2.61. The molecule has 2 rings (SSSR count). The van der Waals surface area contributed by atoms with Crippen molar-refractivity contribution in [2.45, 2.75) is 19.1 Å². The van der Waals surface area contributed by atoms with Gasteiger partial charge in [-0.3, -0.25) is 19.2 Å². The molecule has 146 valence electrons. The minimum atomic E-state index is -4.61. The standard InChI is InChI=1S/C16H14ClF3N2O5/c17-10-5-8(1-2-9(10)16(18,19)20)7-22-4-3-11(23)13(15(22)27)14(26)21-6-12(24)25/h1-2,5,13H,3-4,6-7H2,(H,21,26)(H,24,25). The summed E-state index contributed by atoms with van der Waals surface area (Å²) in [5, 5.41) is 10.0. The third-order valence-electron chi connectivity index (χ3n) is 3.90. The molecule has 1 heterocycles. The normalized spacial score (nSPS) is 17.8. The SMILES string of the molecule is O=C(O)CNC(=O)C1C(=O)CCN(Cc2ccc(C(F)(F)F)c(Cl)c2)C1=O. The number of rotatable bonds is 5. The Morgan fingerprint density at radius 1 is 1.30 bits per heavy atom. The molecule has 1 aromatic rings. The first-order valence-electron chi connectivity index (χ1n) is 7.67. The quantitative estimate of drug-likeness (QED) is 0.721. The van der Waals surface area contributed by atoms with E-state index >= 15 is 0 Å². The molecule has 1 atom stereocenters. The Morgan fingerprint density at radius 3 is 2.52 bits per heavy atom. The van der Waals surface area contributed by atoms with E-state index in [2.05, 4.69) is 0 Å². The van der Waals surface area contributed by atoms with Gasteiger partial charge in [-0.05, 0) is 17.7 Å². The van der Waals surface area contributed by atoms with Crippen LogP contribution in [0, 0.1) is 5.92 Å². The molecule has 0 aromatic heterocycles. The van der Waals surface area contributed by atoms with Crippen molar-refractivity contribution >= 4 is 35.2 Å². The molecule has 1 fully saturated rings. The molecule has 27 heavy (non-hydrogen) atoms. The second-order valence-corrected chi connectivity index (χ2v) is 6.24. The third kappa shape index (κ3) is 4.97. The highest BCUT2D eigenvalue weighted by atomic mass is 35.5. The lowest BCUT2D eigenvalue weighted by Gasteiger charge is -2.31. The highest BCUT2D eigenvalue weighted by molar-refractivity contribution is 6.31. The Morgan fingerprint density at radius 2 is 1.96 bits per heavy atom. The number of carbonyl (C=O) groups is 4. The Labute approximate surface area is 156 Å². The van der Waals surface area contributed by atoms with Gasteiger partial charge in [-0.25, -0.2) is 0 Å². The van der Waals surface area contributed by atoms with E-state index < -0.39 is 52.8 Å². The lowest BCUT2D eigenvalue weighted by atomic mass is 9.94. The molecule has 1 saturated heterocycles. The molecule has 1 aliphatic rings. The maximum atomic E-state index is 12.7. The van der Waals surface area contributed by atoms with Crippen molar-refractivity contribution in [1.29, 1.82) is 0 Å². The first-order valence-corrected chi connectivity index (χ1v) is 8.05. The molecule has 0 saturated carbocycles. The van der Waals surface area contributed by atoms with Crippen LogP contribution in [-0.2, 0) is 31.9 Å². The zero-order chi connectivity index (χ0) is 20.4. The van der Waals surface area contributed by atoms with Crippen LogP contribution >= 0.6 is 11.6 Å². The van der Waals surface area contributed by atoms with Crippen molar-refractivity contribution in [3.8, 4) is 0 Å². The van der Waals surface area contributed by atoms with E-state index in [1.807, 2.05) is 5.32 Å². The number of carboxylic acid groups (broad SMARTS) is 1. The average molecular weight is 407 g/mol. The van der Waals surface area contributed by atoms with Gasteiger partial charge in [-0.1, -0.05) is 17.7 Å². The number of carboxylic acids is 1. The van der Waals surface area contributed by atoms with Crippen LogP contribution < -0.4 is 5.32 Å². The van der Waals surface area contributed by atoms with Crippen molar-refractivity contribution < 1.29 is 37.5 Å². The summed E-state index contributed by atoms with van der Waals surface area (Å²) in [5.74, 6) is -5.53. The number of nitrogens with one attached hydrogen (secondary N) is 1. The van der Waals surface area contributed by atoms with Gasteiger partial charge in [-0.2, -0.15) is 13.2 Å². The number of piperidine rings is 1. The maximum absolute atomic E-state index is 12.7. The van der Waals surface area contributed by atoms with Gasteiger partial charge < -0.3 is 15.3 Å². The zero-order valence-corrected chi connectivity index (χ0v) is 14.4. The van der Waals surface area contributed by atoms with Crippen molar-refractivity contribution in [1.82, 2.24) is 10.2 Å². The number of nitrogens with zero attached hydrogens (tertiary/aromatic N) is 1. The van der Waals surface area contributed by atoms with E-state index in [1.54, 1.807) is 0 Å². The summed E-state index contributed by atoms with van der Waals surface area (Å²) in [6, 6.07) is 3.00. The molecule has 2 amide bonds. The first kappa shape index (κ1) is 20.7. The predicted molar refractivity (Wildman–Crippen MR) is 85.6 cm³/mol. The lowest BCUT2D eigenvalue weighted by molar-refractivity contribution is -0.152. The largest absolute Gasteiger partial charge is 0.480 e. The van der Waals surface area contributed by atoms with Gasteiger partial charge in [0.2, 0.25) is 11.8 Å². The van der Waals surface area contributed by atoms with E-state index in [-0.39, 0.29) is 19.5 Å². The Bertz CT molecular complexity index is 797. The molecule has 0 spiro atoms. The number of ketones is 1. The molecule has 0 radical (unpaired) electrons. The van der Waals surface area contributed by atoms with Gasteiger partial charge in [0.25, 0.3) is 0 Å². The molecule has 1 aromatic carbocycles. The predicted octanol–water partition coefficient (Wildman–Crippen LogP) is 1.48. The minimum Gasteiger partial charge on any atom is -0.480 e. The van der Waals surface area contributed by atoms with E-state index in [0.29, 0.717) is 5.56 Å². The number of hydrogen-bond donors (Lipinski definition) is 2. The van der Waals surface area contributed by atoms with E-state index in [1.165, 1.54) is 0 Å².